The van der Waals surface area contributed by atoms with Gasteiger partial charge >= 0.3 is 0 Å². The van der Waals surface area contributed by atoms with Gasteiger partial charge in [0.15, 0.2) is 10.4 Å². The summed E-state index contributed by atoms with van der Waals surface area (Å²) in [6.07, 6.45) is 1.87. The van der Waals surface area contributed by atoms with Crippen molar-refractivity contribution in [3.8, 4) is 11.5 Å². The molecule has 2 N–H and O–H groups in total. The van der Waals surface area contributed by atoms with E-state index in [2.05, 4.69) is 20.9 Å². The van der Waals surface area contributed by atoms with Crippen molar-refractivity contribution < 1.29 is 4.42 Å². The predicted octanol–water partition coefficient (Wildman–Crippen LogP) is 2.94. The smallest absolute Gasteiger partial charge is 0.169 e. The van der Waals surface area contributed by atoms with Crippen LogP contribution < -0.4 is 5.73 Å². The van der Waals surface area contributed by atoms with Crippen LogP contribution in [-0.2, 0) is 0 Å². The highest BCUT2D eigenvalue weighted by Crippen LogP contribution is 2.29. The molecule has 0 aliphatic heterocycles. The molecule has 5 heteroatoms. The molecule has 3 aromatic heterocycles. The van der Waals surface area contributed by atoms with Crippen LogP contribution in [0.1, 0.15) is 0 Å². The SMILES string of the molecule is Nc1c(-c2ccc(Br)o2)nc2ccccn12. The third-order valence-corrected chi connectivity index (χ3v) is 2.80. The third-order valence-electron chi connectivity index (χ3n) is 2.37. The van der Waals surface area contributed by atoms with Crippen LogP contribution in [-0.4, -0.2) is 9.38 Å². The molecule has 0 aliphatic carbocycles. The first-order chi connectivity index (χ1) is 7.75. The number of hydrogen-bond donors (Lipinski definition) is 1. The Balaban J connectivity index is 2.28. The van der Waals surface area contributed by atoms with Crippen molar-refractivity contribution in [3.63, 3.8) is 0 Å². The molecule has 3 rings (SSSR count). The minimum Gasteiger partial charge on any atom is -0.448 e. The number of halogens is 1. The Morgan fingerprint density at radius 2 is 2.12 bits per heavy atom. The second kappa shape index (κ2) is 3.38. The highest BCUT2D eigenvalue weighted by Gasteiger charge is 2.13. The average molecular weight is 278 g/mol. The van der Waals surface area contributed by atoms with Gasteiger partial charge in [0.2, 0.25) is 0 Å². The number of imidazole rings is 1. The van der Waals surface area contributed by atoms with Gasteiger partial charge in [0.05, 0.1) is 0 Å². The van der Waals surface area contributed by atoms with Gasteiger partial charge in [-0.15, -0.1) is 0 Å². The lowest BCUT2D eigenvalue weighted by molar-refractivity contribution is 0.554. The van der Waals surface area contributed by atoms with E-state index < -0.39 is 0 Å². The zero-order valence-electron chi connectivity index (χ0n) is 8.22. The average Bonchev–Trinajstić information content (AvgIpc) is 2.84. The molecule has 3 aromatic rings. The third kappa shape index (κ3) is 1.32. The van der Waals surface area contributed by atoms with Gasteiger partial charge in [-0.05, 0) is 40.2 Å². The van der Waals surface area contributed by atoms with Crippen LogP contribution in [0.15, 0.2) is 45.6 Å². The summed E-state index contributed by atoms with van der Waals surface area (Å²) in [4.78, 5) is 4.42. The van der Waals surface area contributed by atoms with Gasteiger partial charge in [0, 0.05) is 6.20 Å². The highest BCUT2D eigenvalue weighted by atomic mass is 79.9. The van der Waals surface area contributed by atoms with Gasteiger partial charge in [-0.3, -0.25) is 4.40 Å². The first kappa shape index (κ1) is 9.47. The van der Waals surface area contributed by atoms with Crippen molar-refractivity contribution in [2.24, 2.45) is 0 Å². The monoisotopic (exact) mass is 277 g/mol. The number of rotatable bonds is 1. The number of nitrogens with zero attached hydrogens (tertiary/aromatic N) is 2. The first-order valence-corrected chi connectivity index (χ1v) is 5.53. The molecule has 0 saturated carbocycles. The van der Waals surface area contributed by atoms with Crippen LogP contribution >= 0.6 is 15.9 Å². The first-order valence-electron chi connectivity index (χ1n) is 4.74. The maximum Gasteiger partial charge on any atom is 0.169 e. The number of hydrogen-bond acceptors (Lipinski definition) is 3. The van der Waals surface area contributed by atoms with Gasteiger partial charge in [-0.25, -0.2) is 4.98 Å². The van der Waals surface area contributed by atoms with E-state index in [4.69, 9.17) is 10.2 Å². The molecule has 0 aromatic carbocycles. The van der Waals surface area contributed by atoms with Crippen molar-refractivity contribution >= 4 is 27.4 Å². The highest BCUT2D eigenvalue weighted by molar-refractivity contribution is 9.10. The lowest BCUT2D eigenvalue weighted by atomic mass is 10.3. The Bertz CT molecular complexity index is 656. The zero-order chi connectivity index (χ0) is 11.1. The summed E-state index contributed by atoms with van der Waals surface area (Å²) in [5.74, 6) is 1.24. The molecular formula is C11H8BrN3O. The van der Waals surface area contributed by atoms with Gasteiger partial charge in [0.1, 0.15) is 17.2 Å². The Hall–Kier alpha value is -1.75. The molecule has 0 aliphatic rings. The normalized spacial score (nSPS) is 11.1. The van der Waals surface area contributed by atoms with E-state index in [1.54, 1.807) is 0 Å². The lowest BCUT2D eigenvalue weighted by Gasteiger charge is -1.94. The number of anilines is 1. The Morgan fingerprint density at radius 3 is 2.81 bits per heavy atom. The van der Waals surface area contributed by atoms with Crippen LogP contribution in [0.25, 0.3) is 17.1 Å². The maximum absolute atomic E-state index is 6.01. The van der Waals surface area contributed by atoms with Crippen molar-refractivity contribution in [1.29, 1.82) is 0 Å². The van der Waals surface area contributed by atoms with E-state index in [-0.39, 0.29) is 0 Å². The molecule has 16 heavy (non-hydrogen) atoms. The molecule has 0 unspecified atom stereocenters. The largest absolute Gasteiger partial charge is 0.448 e. The fraction of sp³-hybridized carbons (Fsp3) is 0. The predicted molar refractivity (Wildman–Crippen MR) is 65.0 cm³/mol. The molecule has 0 spiro atoms. The van der Waals surface area contributed by atoms with Crippen LogP contribution in [0.4, 0.5) is 5.82 Å². The summed E-state index contributed by atoms with van der Waals surface area (Å²) >= 11 is 3.26. The summed E-state index contributed by atoms with van der Waals surface area (Å²) < 4.78 is 7.93. The molecule has 0 radical (unpaired) electrons. The second-order valence-electron chi connectivity index (χ2n) is 3.38. The Morgan fingerprint density at radius 1 is 1.25 bits per heavy atom. The van der Waals surface area contributed by atoms with Crippen LogP contribution in [0.2, 0.25) is 0 Å². The van der Waals surface area contributed by atoms with E-state index in [1.807, 2.05) is 40.9 Å². The van der Waals surface area contributed by atoms with E-state index >= 15 is 0 Å². The summed E-state index contributed by atoms with van der Waals surface area (Å²) in [6, 6.07) is 9.38. The number of nitrogens with two attached hydrogens (primary N) is 1. The molecule has 0 saturated heterocycles. The van der Waals surface area contributed by atoms with Crippen molar-refractivity contribution in [3.05, 3.63) is 41.2 Å². The van der Waals surface area contributed by atoms with Crippen LogP contribution in [0.5, 0.6) is 0 Å². The minimum atomic E-state index is 0.581. The van der Waals surface area contributed by atoms with Crippen LogP contribution in [0, 0.1) is 0 Å². The maximum atomic E-state index is 6.01. The molecule has 0 atom stereocenters. The van der Waals surface area contributed by atoms with Gasteiger partial charge in [-0.1, -0.05) is 6.07 Å². The van der Waals surface area contributed by atoms with Crippen molar-refractivity contribution in [2.75, 3.05) is 5.73 Å². The standard InChI is InChI=1S/C11H8BrN3O/c12-8-5-4-7(16-8)10-11(13)15-6-2-1-3-9(15)14-10/h1-6H,13H2. The molecule has 80 valence electrons. The quantitative estimate of drug-likeness (QED) is 0.744. The molecule has 3 heterocycles. The van der Waals surface area contributed by atoms with Gasteiger partial charge in [-0.2, -0.15) is 0 Å². The summed E-state index contributed by atoms with van der Waals surface area (Å²) in [6.45, 7) is 0. The van der Waals surface area contributed by atoms with E-state index in [9.17, 15) is 0 Å². The molecule has 0 bridgehead atoms. The second-order valence-corrected chi connectivity index (χ2v) is 4.16. The molecular weight excluding hydrogens is 270 g/mol. The van der Waals surface area contributed by atoms with Crippen molar-refractivity contribution in [1.82, 2.24) is 9.38 Å². The number of pyridine rings is 1. The topological polar surface area (TPSA) is 56.5 Å². The summed E-state index contributed by atoms with van der Waals surface area (Å²) in [5.41, 5.74) is 7.48. The number of furan rings is 1. The van der Waals surface area contributed by atoms with Crippen molar-refractivity contribution in [2.45, 2.75) is 0 Å². The van der Waals surface area contributed by atoms with E-state index in [0.717, 1.165) is 5.65 Å². The van der Waals surface area contributed by atoms with E-state index in [0.29, 0.717) is 21.9 Å². The molecule has 0 fully saturated rings. The summed E-state index contributed by atoms with van der Waals surface area (Å²) in [5, 5.41) is 0. The van der Waals surface area contributed by atoms with E-state index in [1.165, 1.54) is 0 Å². The zero-order valence-corrected chi connectivity index (χ0v) is 9.81. The van der Waals surface area contributed by atoms with Crippen LogP contribution in [0.3, 0.4) is 0 Å². The number of nitrogen functional groups attached to an aromatic ring is 1. The fourth-order valence-corrected chi connectivity index (χ4v) is 1.94. The fourth-order valence-electron chi connectivity index (χ4n) is 1.64. The molecule has 4 nitrogen and oxygen atoms in total. The number of aromatic nitrogens is 2. The Labute approximate surface area is 99.8 Å². The van der Waals surface area contributed by atoms with Gasteiger partial charge in [0.25, 0.3) is 0 Å². The molecule has 0 amide bonds. The minimum absolute atomic E-state index is 0.581. The lowest BCUT2D eigenvalue weighted by Crippen LogP contribution is -1.92. The summed E-state index contributed by atoms with van der Waals surface area (Å²) in [7, 11) is 0. The Kier molecular flexibility index (Phi) is 2.00. The van der Waals surface area contributed by atoms with Gasteiger partial charge < -0.3 is 10.2 Å². The number of fused-ring (bicyclic) bond motifs is 1.